The summed E-state index contributed by atoms with van der Waals surface area (Å²) in [5.41, 5.74) is 0. The molecule has 0 aromatic carbocycles. The first-order chi connectivity index (χ1) is 8.67. The highest BCUT2D eigenvalue weighted by Crippen LogP contribution is 2.23. The largest absolute Gasteiger partial charge is 0.341 e. The Labute approximate surface area is 123 Å². The maximum absolute atomic E-state index is 12.5. The Kier molecular flexibility index (Phi) is 6.57. The fraction of sp³-hybridized carbons (Fsp3) is 0.929. The second-order valence-corrected chi connectivity index (χ2v) is 5.69. The molecule has 2 aliphatic heterocycles. The summed E-state index contributed by atoms with van der Waals surface area (Å²) >= 11 is 0. The van der Waals surface area contributed by atoms with E-state index in [0.29, 0.717) is 17.9 Å². The number of hydrogen-bond acceptors (Lipinski definition) is 3. The highest BCUT2D eigenvalue weighted by Gasteiger charge is 2.36. The summed E-state index contributed by atoms with van der Waals surface area (Å²) in [5, 5.41) is 3.32. The summed E-state index contributed by atoms with van der Waals surface area (Å²) in [5.74, 6) is 1.08. The lowest BCUT2D eigenvalue weighted by atomic mass is 9.97. The van der Waals surface area contributed by atoms with Crippen LogP contribution in [0.3, 0.4) is 0 Å². The molecule has 1 unspecified atom stereocenters. The number of nitrogens with zero attached hydrogens (tertiary/aromatic N) is 2. The van der Waals surface area contributed by atoms with Gasteiger partial charge in [0.25, 0.3) is 0 Å². The van der Waals surface area contributed by atoms with Crippen LogP contribution < -0.4 is 5.32 Å². The van der Waals surface area contributed by atoms with Gasteiger partial charge in [-0.05, 0) is 32.0 Å². The summed E-state index contributed by atoms with van der Waals surface area (Å²) < 4.78 is 0. The lowest BCUT2D eigenvalue weighted by Crippen LogP contribution is -2.41. The molecule has 2 rings (SSSR count). The van der Waals surface area contributed by atoms with Gasteiger partial charge in [-0.25, -0.2) is 0 Å². The number of carbonyl (C=O) groups excluding carboxylic acids is 1. The monoisotopic (exact) mass is 289 g/mol. The van der Waals surface area contributed by atoms with Crippen molar-refractivity contribution in [2.75, 3.05) is 39.3 Å². The molecule has 5 heteroatoms. The number of likely N-dealkylation sites (tertiary alicyclic amines) is 1. The van der Waals surface area contributed by atoms with E-state index in [2.05, 4.69) is 35.9 Å². The van der Waals surface area contributed by atoms with E-state index in [1.807, 2.05) is 0 Å². The lowest BCUT2D eigenvalue weighted by molar-refractivity contribution is -0.135. The molecule has 0 spiro atoms. The fourth-order valence-corrected chi connectivity index (χ4v) is 3.36. The molecule has 0 bridgehead atoms. The molecule has 2 saturated heterocycles. The number of halogens is 1. The van der Waals surface area contributed by atoms with Crippen molar-refractivity contribution in [3.05, 3.63) is 0 Å². The molecule has 1 amide bonds. The normalized spacial score (nSPS) is 30.7. The van der Waals surface area contributed by atoms with Crippen molar-refractivity contribution in [1.82, 2.24) is 15.1 Å². The van der Waals surface area contributed by atoms with Gasteiger partial charge in [0.15, 0.2) is 0 Å². The van der Waals surface area contributed by atoms with Crippen molar-refractivity contribution >= 4 is 18.3 Å². The highest BCUT2D eigenvalue weighted by molar-refractivity contribution is 5.85. The van der Waals surface area contributed by atoms with Crippen LogP contribution in [0.15, 0.2) is 0 Å². The third-order valence-electron chi connectivity index (χ3n) is 4.64. The van der Waals surface area contributed by atoms with Gasteiger partial charge in [-0.1, -0.05) is 20.8 Å². The quantitative estimate of drug-likeness (QED) is 0.845. The molecule has 19 heavy (non-hydrogen) atoms. The smallest absolute Gasteiger partial charge is 0.227 e. The van der Waals surface area contributed by atoms with Gasteiger partial charge in [-0.3, -0.25) is 9.69 Å². The molecule has 2 aliphatic rings. The first kappa shape index (κ1) is 16.7. The number of likely N-dealkylation sites (N-methyl/N-ethyl adjacent to an activating group) is 1. The van der Waals surface area contributed by atoms with E-state index < -0.39 is 0 Å². The zero-order chi connectivity index (χ0) is 13.1. The van der Waals surface area contributed by atoms with Crippen LogP contribution in [-0.4, -0.2) is 61.0 Å². The minimum Gasteiger partial charge on any atom is -0.341 e. The second-order valence-electron chi connectivity index (χ2n) is 5.69. The molecule has 0 aromatic heterocycles. The van der Waals surface area contributed by atoms with E-state index in [1.165, 1.54) is 0 Å². The number of carbonyl (C=O) groups is 1. The molecular weight excluding hydrogens is 262 g/mol. The van der Waals surface area contributed by atoms with Crippen LogP contribution in [-0.2, 0) is 4.79 Å². The molecule has 1 N–H and O–H groups in total. The number of rotatable bonds is 4. The number of amides is 1. The minimum absolute atomic E-state index is 0. The predicted molar refractivity (Wildman–Crippen MR) is 80.7 cm³/mol. The SMILES string of the molecule is CCN(CC)C1CCN(C(=O)[C@@H]2CNC[C@H]2C)C1.Cl. The maximum Gasteiger partial charge on any atom is 0.227 e. The van der Waals surface area contributed by atoms with E-state index in [9.17, 15) is 4.79 Å². The van der Waals surface area contributed by atoms with Crippen molar-refractivity contribution in [1.29, 1.82) is 0 Å². The van der Waals surface area contributed by atoms with E-state index in [0.717, 1.165) is 45.7 Å². The van der Waals surface area contributed by atoms with Crippen molar-refractivity contribution < 1.29 is 4.79 Å². The van der Waals surface area contributed by atoms with Crippen LogP contribution in [0, 0.1) is 11.8 Å². The van der Waals surface area contributed by atoms with Gasteiger partial charge >= 0.3 is 0 Å². The molecule has 4 nitrogen and oxygen atoms in total. The van der Waals surface area contributed by atoms with Gasteiger partial charge in [0, 0.05) is 25.7 Å². The first-order valence-corrected chi connectivity index (χ1v) is 7.40. The van der Waals surface area contributed by atoms with Crippen LogP contribution in [0.25, 0.3) is 0 Å². The zero-order valence-electron chi connectivity index (χ0n) is 12.4. The Morgan fingerprint density at radius 3 is 2.53 bits per heavy atom. The van der Waals surface area contributed by atoms with Crippen LogP contribution in [0.4, 0.5) is 0 Å². The minimum atomic E-state index is 0. The average Bonchev–Trinajstić information content (AvgIpc) is 2.99. The maximum atomic E-state index is 12.5. The Morgan fingerprint density at radius 1 is 1.32 bits per heavy atom. The molecule has 0 saturated carbocycles. The topological polar surface area (TPSA) is 35.6 Å². The highest BCUT2D eigenvalue weighted by atomic mass is 35.5. The second kappa shape index (κ2) is 7.46. The van der Waals surface area contributed by atoms with Crippen molar-refractivity contribution in [3.8, 4) is 0 Å². The standard InChI is InChI=1S/C14H27N3O.ClH/c1-4-16(5-2)12-6-7-17(10-12)14(18)13-9-15-8-11(13)3;/h11-13,15H,4-10H2,1-3H3;1H/t11-,12?,13-;/m1./s1. The van der Waals surface area contributed by atoms with E-state index in [4.69, 9.17) is 0 Å². The van der Waals surface area contributed by atoms with Crippen molar-refractivity contribution in [2.24, 2.45) is 11.8 Å². The van der Waals surface area contributed by atoms with Crippen LogP contribution in [0.1, 0.15) is 27.2 Å². The summed E-state index contributed by atoms with van der Waals surface area (Å²) in [7, 11) is 0. The van der Waals surface area contributed by atoms with Gasteiger partial charge in [0.2, 0.25) is 5.91 Å². The number of hydrogen-bond donors (Lipinski definition) is 1. The summed E-state index contributed by atoms with van der Waals surface area (Å²) in [4.78, 5) is 17.0. The van der Waals surface area contributed by atoms with Crippen molar-refractivity contribution in [3.63, 3.8) is 0 Å². The van der Waals surface area contributed by atoms with E-state index >= 15 is 0 Å². The molecular formula is C14H28ClN3O. The van der Waals surface area contributed by atoms with Gasteiger partial charge in [-0.2, -0.15) is 0 Å². The molecule has 0 aromatic rings. The number of nitrogens with one attached hydrogen (secondary N) is 1. The predicted octanol–water partition coefficient (Wildman–Crippen LogP) is 1.21. The van der Waals surface area contributed by atoms with Crippen LogP contribution >= 0.6 is 12.4 Å². The zero-order valence-corrected chi connectivity index (χ0v) is 13.2. The third-order valence-corrected chi connectivity index (χ3v) is 4.64. The van der Waals surface area contributed by atoms with Crippen molar-refractivity contribution in [2.45, 2.75) is 33.2 Å². The molecule has 2 heterocycles. The summed E-state index contributed by atoms with van der Waals surface area (Å²) in [6, 6.07) is 0.577. The molecule has 3 atom stereocenters. The third kappa shape index (κ3) is 3.61. The van der Waals surface area contributed by atoms with Crippen LogP contribution in [0.5, 0.6) is 0 Å². The first-order valence-electron chi connectivity index (χ1n) is 7.40. The lowest BCUT2D eigenvalue weighted by Gasteiger charge is -2.27. The summed E-state index contributed by atoms with van der Waals surface area (Å²) in [6.07, 6.45) is 1.14. The molecule has 112 valence electrons. The summed E-state index contributed by atoms with van der Waals surface area (Å²) in [6.45, 7) is 12.5. The Bertz CT molecular complexity index is 296. The van der Waals surface area contributed by atoms with Gasteiger partial charge in [0.05, 0.1) is 5.92 Å². The van der Waals surface area contributed by atoms with Crippen LogP contribution in [0.2, 0.25) is 0 Å². The Morgan fingerprint density at radius 2 is 2.00 bits per heavy atom. The molecule has 0 radical (unpaired) electrons. The van der Waals surface area contributed by atoms with Gasteiger partial charge in [0.1, 0.15) is 0 Å². The Balaban J connectivity index is 0.00000180. The molecule has 0 aliphatic carbocycles. The van der Waals surface area contributed by atoms with E-state index in [-0.39, 0.29) is 18.3 Å². The van der Waals surface area contributed by atoms with E-state index in [1.54, 1.807) is 0 Å². The fourth-order valence-electron chi connectivity index (χ4n) is 3.36. The molecule has 2 fully saturated rings. The van der Waals surface area contributed by atoms with Gasteiger partial charge in [-0.15, -0.1) is 12.4 Å². The Hall–Kier alpha value is -0.320. The average molecular weight is 290 g/mol. The van der Waals surface area contributed by atoms with Gasteiger partial charge < -0.3 is 10.2 Å².